The zero-order chi connectivity index (χ0) is 20.3. The molecule has 1 aliphatic heterocycles. The molecular formula is C22H29N5O. The second-order valence-corrected chi connectivity index (χ2v) is 8.32. The number of nitriles is 1. The maximum atomic E-state index is 12.5. The largest absolute Gasteiger partial charge is 0.342 e. The number of aryl methyl sites for hydroxylation is 2. The Kier molecular flexibility index (Phi) is 5.85. The highest BCUT2D eigenvalue weighted by Gasteiger charge is 2.30. The van der Waals surface area contributed by atoms with Gasteiger partial charge in [0.1, 0.15) is 11.9 Å². The third-order valence-electron chi connectivity index (χ3n) is 5.33. The second kappa shape index (κ2) is 8.15. The molecule has 6 nitrogen and oxygen atoms in total. The zero-order valence-corrected chi connectivity index (χ0v) is 17.2. The van der Waals surface area contributed by atoms with E-state index in [4.69, 9.17) is 4.98 Å². The Bertz CT molecular complexity index is 893. The first kappa shape index (κ1) is 20.1. The fourth-order valence-corrected chi connectivity index (χ4v) is 3.69. The fourth-order valence-electron chi connectivity index (χ4n) is 3.69. The van der Waals surface area contributed by atoms with Crippen molar-refractivity contribution >= 4 is 5.91 Å². The van der Waals surface area contributed by atoms with Crippen molar-refractivity contribution in [3.63, 3.8) is 0 Å². The van der Waals surface area contributed by atoms with Crippen LogP contribution >= 0.6 is 0 Å². The van der Waals surface area contributed by atoms with E-state index in [1.807, 2.05) is 13.0 Å². The van der Waals surface area contributed by atoms with Crippen LogP contribution in [0.25, 0.3) is 11.4 Å². The number of hydrogen-bond donors (Lipinski definition) is 2. The summed E-state index contributed by atoms with van der Waals surface area (Å²) >= 11 is 0. The van der Waals surface area contributed by atoms with Gasteiger partial charge in [0.15, 0.2) is 0 Å². The molecule has 2 N–H and O–H groups in total. The maximum absolute atomic E-state index is 12.5. The molecule has 1 unspecified atom stereocenters. The minimum Gasteiger partial charge on any atom is -0.342 e. The van der Waals surface area contributed by atoms with Crippen LogP contribution in [0.5, 0.6) is 0 Å². The number of nitrogens with one attached hydrogen (secondary N) is 2. The summed E-state index contributed by atoms with van der Waals surface area (Å²) in [5.74, 6) is 0.869. The van der Waals surface area contributed by atoms with Gasteiger partial charge < -0.3 is 15.2 Å². The third-order valence-corrected chi connectivity index (χ3v) is 5.33. The highest BCUT2D eigenvalue weighted by molar-refractivity contribution is 5.79. The van der Waals surface area contributed by atoms with Crippen molar-refractivity contribution in [2.75, 3.05) is 13.1 Å². The predicted molar refractivity (Wildman–Crippen MR) is 110 cm³/mol. The molecule has 0 saturated carbocycles. The lowest BCUT2D eigenvalue weighted by Crippen LogP contribution is -2.48. The Hall–Kier alpha value is -2.65. The number of carbonyl (C=O) groups excluding carboxylic acids is 1. The van der Waals surface area contributed by atoms with Gasteiger partial charge in [-0.25, -0.2) is 4.98 Å². The minimum atomic E-state index is -0.290. The molecule has 3 rings (SSSR count). The lowest BCUT2D eigenvalue weighted by molar-refractivity contribution is -0.130. The summed E-state index contributed by atoms with van der Waals surface area (Å²) in [6.07, 6.45) is 2.39. The van der Waals surface area contributed by atoms with Crippen molar-refractivity contribution in [3.8, 4) is 17.5 Å². The Morgan fingerprint density at radius 3 is 2.93 bits per heavy atom. The average Bonchev–Trinajstić information content (AvgIpc) is 3.26. The molecule has 1 atom stereocenters. The summed E-state index contributed by atoms with van der Waals surface area (Å²) in [6.45, 7) is 9.17. The summed E-state index contributed by atoms with van der Waals surface area (Å²) in [7, 11) is 0. The molecule has 1 saturated heterocycles. The van der Waals surface area contributed by atoms with Crippen molar-refractivity contribution in [2.24, 2.45) is 0 Å². The molecule has 1 amide bonds. The van der Waals surface area contributed by atoms with E-state index < -0.39 is 0 Å². The van der Waals surface area contributed by atoms with Crippen molar-refractivity contribution in [1.82, 2.24) is 20.2 Å². The van der Waals surface area contributed by atoms with Gasteiger partial charge in [0.25, 0.3) is 0 Å². The highest BCUT2D eigenvalue weighted by Crippen LogP contribution is 2.22. The molecule has 1 aliphatic rings. The number of benzene rings is 1. The molecule has 148 valence electrons. The number of aromatic amines is 1. The molecule has 2 heterocycles. The first-order valence-corrected chi connectivity index (χ1v) is 9.86. The lowest BCUT2D eigenvalue weighted by Gasteiger charge is -2.28. The fraction of sp³-hybridized carbons (Fsp3) is 0.500. The molecule has 1 aromatic carbocycles. The third kappa shape index (κ3) is 4.60. The molecule has 1 aromatic heterocycles. The predicted octanol–water partition coefficient (Wildman–Crippen LogP) is 3.12. The summed E-state index contributed by atoms with van der Waals surface area (Å²) < 4.78 is 0. The van der Waals surface area contributed by atoms with Crippen molar-refractivity contribution < 1.29 is 4.79 Å². The van der Waals surface area contributed by atoms with Crippen LogP contribution in [0.1, 0.15) is 43.6 Å². The van der Waals surface area contributed by atoms with Crippen LogP contribution in [0.3, 0.4) is 0 Å². The van der Waals surface area contributed by atoms with Crippen molar-refractivity contribution in [1.29, 1.82) is 5.26 Å². The molecule has 0 aliphatic carbocycles. The first-order valence-electron chi connectivity index (χ1n) is 9.86. The lowest BCUT2D eigenvalue weighted by atomic mass is 9.97. The van der Waals surface area contributed by atoms with Gasteiger partial charge in [-0.1, -0.05) is 23.8 Å². The van der Waals surface area contributed by atoms with E-state index in [0.29, 0.717) is 13.0 Å². The first-order chi connectivity index (χ1) is 13.3. The van der Waals surface area contributed by atoms with Gasteiger partial charge >= 0.3 is 0 Å². The molecular weight excluding hydrogens is 350 g/mol. The molecule has 28 heavy (non-hydrogen) atoms. The van der Waals surface area contributed by atoms with Crippen molar-refractivity contribution in [3.05, 3.63) is 41.2 Å². The average molecular weight is 380 g/mol. The smallest absolute Gasteiger partial charge is 0.237 e. The number of amides is 1. The summed E-state index contributed by atoms with van der Waals surface area (Å²) in [4.78, 5) is 22.4. The van der Waals surface area contributed by atoms with Crippen LogP contribution in [0.15, 0.2) is 24.3 Å². The van der Waals surface area contributed by atoms with Crippen LogP contribution in [0.2, 0.25) is 0 Å². The van der Waals surface area contributed by atoms with Crippen LogP contribution in [-0.4, -0.2) is 45.4 Å². The zero-order valence-electron chi connectivity index (χ0n) is 17.2. The van der Waals surface area contributed by atoms with Crippen LogP contribution in [-0.2, 0) is 11.2 Å². The topological polar surface area (TPSA) is 84.8 Å². The van der Waals surface area contributed by atoms with E-state index in [2.05, 4.69) is 55.3 Å². The van der Waals surface area contributed by atoms with Crippen LogP contribution in [0.4, 0.5) is 0 Å². The number of carbonyl (C=O) groups is 1. The number of likely N-dealkylation sites (tertiary alicyclic amines) is 1. The molecule has 0 radical (unpaired) electrons. The Balaban J connectivity index is 1.64. The molecule has 0 spiro atoms. The van der Waals surface area contributed by atoms with E-state index in [1.54, 1.807) is 4.90 Å². The highest BCUT2D eigenvalue weighted by atomic mass is 16.2. The number of aromatic nitrogens is 2. The number of imidazole rings is 1. The van der Waals surface area contributed by atoms with Gasteiger partial charge in [0, 0.05) is 29.8 Å². The maximum Gasteiger partial charge on any atom is 0.237 e. The second-order valence-electron chi connectivity index (χ2n) is 8.32. The van der Waals surface area contributed by atoms with E-state index in [-0.39, 0.29) is 24.0 Å². The van der Waals surface area contributed by atoms with E-state index in [9.17, 15) is 10.1 Å². The molecule has 1 fully saturated rings. The number of H-pyrrole nitrogens is 1. The Morgan fingerprint density at radius 1 is 1.43 bits per heavy atom. The summed E-state index contributed by atoms with van der Waals surface area (Å²) in [5.41, 5.74) is 4.03. The minimum absolute atomic E-state index is 0.00340. The van der Waals surface area contributed by atoms with Gasteiger partial charge in [0.05, 0.1) is 18.3 Å². The SMILES string of the molecule is Cc1cccc(-c2nc(CC(C)(C)NCC(=O)N3CCCC3C#N)c(C)[nH]2)c1. The number of hydrogen-bond acceptors (Lipinski definition) is 4. The Labute approximate surface area is 167 Å². The van der Waals surface area contributed by atoms with E-state index >= 15 is 0 Å². The van der Waals surface area contributed by atoms with E-state index in [1.165, 1.54) is 5.56 Å². The van der Waals surface area contributed by atoms with Crippen LogP contribution < -0.4 is 5.32 Å². The van der Waals surface area contributed by atoms with Gasteiger partial charge in [-0.05, 0) is 46.6 Å². The number of nitrogens with zero attached hydrogens (tertiary/aromatic N) is 3. The molecule has 0 bridgehead atoms. The van der Waals surface area contributed by atoms with Crippen LogP contribution in [0, 0.1) is 25.2 Å². The molecule has 2 aromatic rings. The van der Waals surface area contributed by atoms with Gasteiger partial charge in [-0.3, -0.25) is 4.79 Å². The Morgan fingerprint density at radius 2 is 2.21 bits per heavy atom. The van der Waals surface area contributed by atoms with Gasteiger partial charge in [-0.15, -0.1) is 0 Å². The van der Waals surface area contributed by atoms with Gasteiger partial charge in [0.2, 0.25) is 5.91 Å². The van der Waals surface area contributed by atoms with Gasteiger partial charge in [-0.2, -0.15) is 5.26 Å². The standard InChI is InChI=1S/C22H29N5O/c1-15-7-5-8-17(11-15)21-25-16(2)19(26-21)12-22(3,4)24-14-20(28)27-10-6-9-18(27)13-23/h5,7-8,11,18,24H,6,9-10,12,14H2,1-4H3,(H,25,26). The normalized spacial score (nSPS) is 17.0. The quantitative estimate of drug-likeness (QED) is 0.808. The number of rotatable bonds is 6. The summed E-state index contributed by atoms with van der Waals surface area (Å²) in [6, 6.07) is 10.2. The molecule has 6 heteroatoms. The van der Waals surface area contributed by atoms with E-state index in [0.717, 1.165) is 35.6 Å². The summed E-state index contributed by atoms with van der Waals surface area (Å²) in [5, 5.41) is 12.5. The van der Waals surface area contributed by atoms with Crippen molar-refractivity contribution in [2.45, 2.75) is 58.5 Å². The monoisotopic (exact) mass is 379 g/mol.